The fourth-order valence-corrected chi connectivity index (χ4v) is 3.06. The number of amidine groups is 1. The van der Waals surface area contributed by atoms with E-state index >= 15 is 0 Å². The molecular weight excluding hydrogens is 316 g/mol. The van der Waals surface area contributed by atoms with E-state index in [2.05, 4.69) is 11.1 Å². The Hall–Kier alpha value is -3.46. The summed E-state index contributed by atoms with van der Waals surface area (Å²) in [5, 5.41) is 9.64. The van der Waals surface area contributed by atoms with Gasteiger partial charge in [0.05, 0.1) is 13.2 Å². The second kappa shape index (κ2) is 5.87. The average Bonchev–Trinajstić information content (AvgIpc) is 2.65. The second-order valence-corrected chi connectivity index (χ2v) is 5.78. The summed E-state index contributed by atoms with van der Waals surface area (Å²) in [6.45, 7) is 0. The van der Waals surface area contributed by atoms with Gasteiger partial charge in [0.25, 0.3) is 0 Å². The molecule has 0 saturated heterocycles. The fourth-order valence-electron chi connectivity index (χ4n) is 3.06. The van der Waals surface area contributed by atoms with Gasteiger partial charge in [0.1, 0.15) is 23.0 Å². The number of hydrogen-bond acceptors (Lipinski definition) is 6. The smallest absolute Gasteiger partial charge is 0.224 e. The molecule has 0 spiro atoms. The van der Waals surface area contributed by atoms with Crippen molar-refractivity contribution in [3.05, 3.63) is 65.7 Å². The third-order valence-corrected chi connectivity index (χ3v) is 4.26. The molecule has 4 rings (SSSR count). The molecule has 124 valence electrons. The van der Waals surface area contributed by atoms with Crippen LogP contribution in [0.5, 0.6) is 11.5 Å². The lowest BCUT2D eigenvalue weighted by atomic mass is 10.0. The molecule has 2 N–H and O–H groups in total. The van der Waals surface area contributed by atoms with Crippen molar-refractivity contribution in [1.29, 1.82) is 5.26 Å². The third kappa shape index (κ3) is 2.46. The van der Waals surface area contributed by atoms with Crippen LogP contribution in [0.15, 0.2) is 65.1 Å². The number of hydrogen-bond donors (Lipinski definition) is 1. The molecular formula is C19H16N4O2. The minimum Gasteiger partial charge on any atom is -0.497 e. The van der Waals surface area contributed by atoms with E-state index < -0.39 is 6.04 Å². The number of nitrogens with two attached hydrogens (primary N) is 1. The minimum atomic E-state index is -0.740. The number of para-hydroxylation sites is 1. The van der Waals surface area contributed by atoms with Crippen LogP contribution in [0.3, 0.4) is 0 Å². The van der Waals surface area contributed by atoms with Gasteiger partial charge in [-0.1, -0.05) is 24.3 Å². The van der Waals surface area contributed by atoms with E-state index in [9.17, 15) is 5.26 Å². The standard InChI is InChI=1S/C19H16N4O2/c1-24-14-7-4-6-13(10-14)23-16(11-20)18(21)22-15-9-12-5-2-3-8-17(12)25-19(15)23/h2-8,10,16H,9H2,1H3,(H2,21,22). The Bertz CT molecular complexity index is 942. The van der Waals surface area contributed by atoms with Crippen LogP contribution in [0.4, 0.5) is 5.69 Å². The maximum Gasteiger partial charge on any atom is 0.224 e. The lowest BCUT2D eigenvalue weighted by Gasteiger charge is -2.36. The highest BCUT2D eigenvalue weighted by Gasteiger charge is 2.36. The molecule has 0 aromatic heterocycles. The van der Waals surface area contributed by atoms with Crippen molar-refractivity contribution in [3.63, 3.8) is 0 Å². The van der Waals surface area contributed by atoms with Crippen LogP contribution in [0.2, 0.25) is 0 Å². The van der Waals surface area contributed by atoms with Crippen LogP contribution in [-0.2, 0) is 6.42 Å². The number of methoxy groups -OCH3 is 1. The molecule has 25 heavy (non-hydrogen) atoms. The Balaban J connectivity index is 1.85. The number of ether oxygens (including phenoxy) is 2. The molecule has 0 amide bonds. The monoisotopic (exact) mass is 332 g/mol. The molecule has 2 aromatic rings. The van der Waals surface area contributed by atoms with Crippen LogP contribution >= 0.6 is 0 Å². The van der Waals surface area contributed by atoms with Gasteiger partial charge >= 0.3 is 0 Å². The Morgan fingerprint density at radius 2 is 2.12 bits per heavy atom. The van der Waals surface area contributed by atoms with Gasteiger partial charge in [-0.25, -0.2) is 4.99 Å². The molecule has 2 aliphatic rings. The normalized spacial score (nSPS) is 18.5. The molecule has 1 unspecified atom stereocenters. The van der Waals surface area contributed by atoms with Crippen LogP contribution in [0.1, 0.15) is 5.56 Å². The van der Waals surface area contributed by atoms with Crippen molar-refractivity contribution in [2.24, 2.45) is 10.7 Å². The topological polar surface area (TPSA) is 83.9 Å². The predicted octanol–water partition coefficient (Wildman–Crippen LogP) is 2.57. The highest BCUT2D eigenvalue weighted by atomic mass is 16.5. The number of fused-ring (bicyclic) bond motifs is 1. The van der Waals surface area contributed by atoms with Gasteiger partial charge in [-0.3, -0.25) is 4.90 Å². The van der Waals surface area contributed by atoms with Crippen LogP contribution in [-0.4, -0.2) is 19.0 Å². The van der Waals surface area contributed by atoms with Gasteiger partial charge in [-0.2, -0.15) is 5.26 Å². The van der Waals surface area contributed by atoms with Gasteiger partial charge < -0.3 is 15.2 Å². The summed E-state index contributed by atoms with van der Waals surface area (Å²) in [5.74, 6) is 2.25. The quantitative estimate of drug-likeness (QED) is 0.914. The summed E-state index contributed by atoms with van der Waals surface area (Å²) in [4.78, 5) is 6.20. The van der Waals surface area contributed by atoms with Gasteiger partial charge in [0.15, 0.2) is 6.04 Å². The number of allylic oxidation sites excluding steroid dienone is 1. The van der Waals surface area contributed by atoms with Gasteiger partial charge in [-0.15, -0.1) is 0 Å². The molecule has 2 heterocycles. The summed E-state index contributed by atoms with van der Waals surface area (Å²) in [6.07, 6.45) is 0.602. The first-order valence-electron chi connectivity index (χ1n) is 7.87. The van der Waals surface area contributed by atoms with Crippen molar-refractivity contribution in [1.82, 2.24) is 0 Å². The Kier molecular flexibility index (Phi) is 3.55. The highest BCUT2D eigenvalue weighted by molar-refractivity contribution is 5.94. The van der Waals surface area contributed by atoms with Gasteiger partial charge in [-0.05, 0) is 18.2 Å². The van der Waals surface area contributed by atoms with Crippen molar-refractivity contribution in [3.8, 4) is 17.6 Å². The zero-order chi connectivity index (χ0) is 17.4. The van der Waals surface area contributed by atoms with Crippen LogP contribution in [0, 0.1) is 11.3 Å². The fraction of sp³-hybridized carbons (Fsp3) is 0.158. The number of aliphatic imine (C=N–C) groups is 1. The molecule has 2 aromatic carbocycles. The molecule has 0 fully saturated rings. The maximum atomic E-state index is 9.64. The zero-order valence-corrected chi connectivity index (χ0v) is 13.6. The van der Waals surface area contributed by atoms with E-state index in [0.717, 1.165) is 17.0 Å². The van der Waals surface area contributed by atoms with Gasteiger partial charge in [0.2, 0.25) is 5.88 Å². The molecule has 2 aliphatic heterocycles. The largest absolute Gasteiger partial charge is 0.497 e. The first-order chi connectivity index (χ1) is 12.2. The number of nitrogens with zero attached hydrogens (tertiary/aromatic N) is 3. The average molecular weight is 332 g/mol. The van der Waals surface area contributed by atoms with E-state index in [0.29, 0.717) is 23.8 Å². The number of benzene rings is 2. The molecule has 0 aliphatic carbocycles. The molecule has 0 radical (unpaired) electrons. The third-order valence-electron chi connectivity index (χ3n) is 4.26. The first-order valence-corrected chi connectivity index (χ1v) is 7.87. The van der Waals surface area contributed by atoms with Crippen molar-refractivity contribution < 1.29 is 9.47 Å². The van der Waals surface area contributed by atoms with Crippen LogP contribution < -0.4 is 20.1 Å². The van der Waals surface area contributed by atoms with E-state index in [1.807, 2.05) is 48.5 Å². The van der Waals surface area contributed by atoms with E-state index in [1.165, 1.54) is 0 Å². The van der Waals surface area contributed by atoms with Crippen LogP contribution in [0.25, 0.3) is 0 Å². The molecule has 6 heteroatoms. The predicted molar refractivity (Wildman–Crippen MR) is 94.3 cm³/mol. The summed E-state index contributed by atoms with van der Waals surface area (Å²) in [5.41, 5.74) is 8.59. The zero-order valence-electron chi connectivity index (χ0n) is 13.6. The number of rotatable bonds is 2. The maximum absolute atomic E-state index is 9.64. The van der Waals surface area contributed by atoms with E-state index in [1.54, 1.807) is 12.0 Å². The summed E-state index contributed by atoms with van der Waals surface area (Å²) < 4.78 is 11.4. The van der Waals surface area contributed by atoms with Crippen molar-refractivity contribution in [2.75, 3.05) is 12.0 Å². The first kappa shape index (κ1) is 15.1. The number of nitriles is 1. The van der Waals surface area contributed by atoms with E-state index in [4.69, 9.17) is 15.2 Å². The van der Waals surface area contributed by atoms with E-state index in [-0.39, 0.29) is 5.84 Å². The Morgan fingerprint density at radius 1 is 1.28 bits per heavy atom. The SMILES string of the molecule is COc1cccc(N2C3=C(Cc4ccccc4O3)N=C(N)C2C#N)c1. The Morgan fingerprint density at radius 3 is 2.92 bits per heavy atom. The molecule has 6 nitrogen and oxygen atoms in total. The Labute approximate surface area is 145 Å². The number of anilines is 1. The lowest BCUT2D eigenvalue weighted by molar-refractivity contribution is 0.376. The second-order valence-electron chi connectivity index (χ2n) is 5.78. The van der Waals surface area contributed by atoms with Gasteiger partial charge in [0, 0.05) is 23.7 Å². The summed E-state index contributed by atoms with van der Waals surface area (Å²) in [7, 11) is 1.60. The molecule has 1 atom stereocenters. The van der Waals surface area contributed by atoms with Crippen molar-refractivity contribution >= 4 is 11.5 Å². The summed E-state index contributed by atoms with van der Waals surface area (Å²) in [6, 6.07) is 16.7. The summed E-state index contributed by atoms with van der Waals surface area (Å²) >= 11 is 0. The minimum absolute atomic E-state index is 0.257. The molecule has 0 bridgehead atoms. The lowest BCUT2D eigenvalue weighted by Crippen LogP contribution is -2.48. The molecule has 0 saturated carbocycles. The van der Waals surface area contributed by atoms with Crippen molar-refractivity contribution in [2.45, 2.75) is 12.5 Å². The highest BCUT2D eigenvalue weighted by Crippen LogP contribution is 2.37.